The molecule has 1 aliphatic rings. The van der Waals surface area contributed by atoms with Crippen molar-refractivity contribution in [3.8, 4) is 0 Å². The SMILES string of the molecule is CC(C)(C)C1=N[C@H](C(C)(C)O)CO1. The molecule has 0 spiro atoms. The summed E-state index contributed by atoms with van der Waals surface area (Å²) in [5.74, 6) is 0.750. The van der Waals surface area contributed by atoms with Crippen LogP contribution in [0.3, 0.4) is 0 Å². The molecular weight excluding hydrogens is 166 g/mol. The summed E-state index contributed by atoms with van der Waals surface area (Å²) < 4.78 is 5.45. The van der Waals surface area contributed by atoms with Gasteiger partial charge in [-0.25, -0.2) is 4.99 Å². The third kappa shape index (κ3) is 2.44. The van der Waals surface area contributed by atoms with Crippen molar-refractivity contribution in [1.82, 2.24) is 0 Å². The number of aliphatic imine (C=N–C) groups is 1. The maximum absolute atomic E-state index is 9.71. The van der Waals surface area contributed by atoms with Crippen molar-refractivity contribution < 1.29 is 9.84 Å². The van der Waals surface area contributed by atoms with E-state index in [4.69, 9.17) is 4.74 Å². The zero-order valence-electron chi connectivity index (χ0n) is 9.09. The highest BCUT2D eigenvalue weighted by Gasteiger charge is 2.35. The molecule has 0 aliphatic carbocycles. The summed E-state index contributed by atoms with van der Waals surface area (Å²) in [6.07, 6.45) is 0. The van der Waals surface area contributed by atoms with Gasteiger partial charge in [0.1, 0.15) is 12.6 Å². The van der Waals surface area contributed by atoms with Crippen molar-refractivity contribution in [3.05, 3.63) is 0 Å². The molecule has 0 saturated carbocycles. The molecule has 1 heterocycles. The highest BCUT2D eigenvalue weighted by Crippen LogP contribution is 2.26. The summed E-state index contributed by atoms with van der Waals surface area (Å²) in [4.78, 5) is 4.38. The molecule has 0 bridgehead atoms. The summed E-state index contributed by atoms with van der Waals surface area (Å²) in [6.45, 7) is 10.2. The maximum atomic E-state index is 9.71. The molecular formula is C10H19NO2. The molecule has 1 N–H and O–H groups in total. The van der Waals surface area contributed by atoms with Crippen LogP contribution in [0, 0.1) is 5.41 Å². The lowest BCUT2D eigenvalue weighted by Gasteiger charge is -2.20. The minimum Gasteiger partial charge on any atom is -0.478 e. The molecule has 0 saturated heterocycles. The van der Waals surface area contributed by atoms with Crippen molar-refractivity contribution in [2.24, 2.45) is 10.4 Å². The van der Waals surface area contributed by atoms with Gasteiger partial charge in [-0.2, -0.15) is 0 Å². The van der Waals surface area contributed by atoms with Crippen molar-refractivity contribution >= 4 is 5.90 Å². The lowest BCUT2D eigenvalue weighted by molar-refractivity contribution is 0.0432. The molecule has 1 atom stereocenters. The van der Waals surface area contributed by atoms with Crippen LogP contribution in [0.25, 0.3) is 0 Å². The average Bonchev–Trinajstić information content (AvgIpc) is 2.28. The molecule has 0 aromatic rings. The minimum absolute atomic E-state index is 0.0556. The third-order valence-corrected chi connectivity index (χ3v) is 2.11. The Hall–Kier alpha value is -0.570. The van der Waals surface area contributed by atoms with E-state index in [0.717, 1.165) is 5.90 Å². The lowest BCUT2D eigenvalue weighted by atomic mass is 9.96. The van der Waals surface area contributed by atoms with Gasteiger partial charge in [0.15, 0.2) is 5.90 Å². The third-order valence-electron chi connectivity index (χ3n) is 2.11. The molecule has 0 aromatic carbocycles. The number of nitrogens with zero attached hydrogens (tertiary/aromatic N) is 1. The van der Waals surface area contributed by atoms with E-state index in [2.05, 4.69) is 25.8 Å². The van der Waals surface area contributed by atoms with Gasteiger partial charge >= 0.3 is 0 Å². The summed E-state index contributed by atoms with van der Waals surface area (Å²) in [6, 6.07) is -0.123. The molecule has 76 valence electrons. The maximum Gasteiger partial charge on any atom is 0.189 e. The Labute approximate surface area is 79.8 Å². The van der Waals surface area contributed by atoms with Crippen LogP contribution >= 0.6 is 0 Å². The van der Waals surface area contributed by atoms with Crippen LogP contribution in [-0.2, 0) is 4.74 Å². The van der Waals surface area contributed by atoms with Crippen molar-refractivity contribution in [2.75, 3.05) is 6.61 Å². The Morgan fingerprint density at radius 1 is 1.31 bits per heavy atom. The van der Waals surface area contributed by atoms with Gasteiger partial charge in [0, 0.05) is 5.41 Å². The summed E-state index contributed by atoms with van der Waals surface area (Å²) >= 11 is 0. The molecule has 1 rings (SSSR count). The first kappa shape index (κ1) is 10.5. The second-order valence-corrected chi connectivity index (χ2v) is 5.16. The van der Waals surface area contributed by atoms with E-state index in [9.17, 15) is 5.11 Å². The van der Waals surface area contributed by atoms with Gasteiger partial charge in [0.05, 0.1) is 5.60 Å². The van der Waals surface area contributed by atoms with Crippen LogP contribution in [-0.4, -0.2) is 29.3 Å². The Bertz CT molecular complexity index is 220. The van der Waals surface area contributed by atoms with Crippen LogP contribution in [0.15, 0.2) is 4.99 Å². The summed E-state index contributed by atoms with van der Waals surface area (Å²) in [7, 11) is 0. The molecule has 3 nitrogen and oxygen atoms in total. The molecule has 3 heteroatoms. The largest absolute Gasteiger partial charge is 0.478 e. The number of hydrogen-bond donors (Lipinski definition) is 1. The Morgan fingerprint density at radius 2 is 1.85 bits per heavy atom. The van der Waals surface area contributed by atoms with E-state index in [1.54, 1.807) is 13.8 Å². The highest BCUT2D eigenvalue weighted by atomic mass is 16.5. The van der Waals surface area contributed by atoms with Crippen LogP contribution in [0.2, 0.25) is 0 Å². The van der Waals surface area contributed by atoms with Gasteiger partial charge in [-0.15, -0.1) is 0 Å². The summed E-state index contributed by atoms with van der Waals surface area (Å²) in [5, 5.41) is 9.71. The van der Waals surface area contributed by atoms with E-state index in [1.165, 1.54) is 0 Å². The topological polar surface area (TPSA) is 41.8 Å². The normalized spacial score (nSPS) is 24.2. The number of rotatable bonds is 1. The Balaban J connectivity index is 2.76. The monoisotopic (exact) mass is 185 g/mol. The van der Waals surface area contributed by atoms with Crippen molar-refractivity contribution in [1.29, 1.82) is 0 Å². The Kier molecular flexibility index (Phi) is 2.41. The number of hydrogen-bond acceptors (Lipinski definition) is 3. The molecule has 0 fully saturated rings. The zero-order chi connectivity index (χ0) is 10.3. The highest BCUT2D eigenvalue weighted by molar-refractivity contribution is 5.83. The van der Waals surface area contributed by atoms with Gasteiger partial charge in [-0.1, -0.05) is 20.8 Å². The van der Waals surface area contributed by atoms with Crippen molar-refractivity contribution in [2.45, 2.75) is 46.3 Å². The van der Waals surface area contributed by atoms with Crippen molar-refractivity contribution in [3.63, 3.8) is 0 Å². The van der Waals surface area contributed by atoms with Crippen LogP contribution in [0.4, 0.5) is 0 Å². The fraction of sp³-hybridized carbons (Fsp3) is 0.900. The van der Waals surface area contributed by atoms with E-state index in [-0.39, 0.29) is 11.5 Å². The molecule has 0 aromatic heterocycles. The molecule has 0 radical (unpaired) electrons. The van der Waals surface area contributed by atoms with E-state index >= 15 is 0 Å². The quantitative estimate of drug-likeness (QED) is 0.674. The zero-order valence-corrected chi connectivity index (χ0v) is 9.09. The predicted molar refractivity (Wildman–Crippen MR) is 52.9 cm³/mol. The standard InChI is InChI=1S/C10H19NO2/c1-9(2,3)8-11-7(6-13-8)10(4,5)12/h7,12H,6H2,1-5H3/t7-/m0/s1. The van der Waals surface area contributed by atoms with Gasteiger partial charge in [-0.05, 0) is 13.8 Å². The number of ether oxygens (including phenoxy) is 1. The minimum atomic E-state index is -0.785. The molecule has 13 heavy (non-hydrogen) atoms. The summed E-state index contributed by atoms with van der Waals surface area (Å²) in [5.41, 5.74) is -0.840. The van der Waals surface area contributed by atoms with Gasteiger partial charge in [0.25, 0.3) is 0 Å². The molecule has 0 amide bonds. The Morgan fingerprint density at radius 3 is 2.08 bits per heavy atom. The molecule has 1 aliphatic heterocycles. The lowest BCUT2D eigenvalue weighted by Crippen LogP contribution is -2.35. The second kappa shape index (κ2) is 2.98. The van der Waals surface area contributed by atoms with Gasteiger partial charge in [0.2, 0.25) is 0 Å². The average molecular weight is 185 g/mol. The van der Waals surface area contributed by atoms with Crippen LogP contribution in [0.5, 0.6) is 0 Å². The van der Waals surface area contributed by atoms with Gasteiger partial charge in [-0.3, -0.25) is 0 Å². The van der Waals surface area contributed by atoms with E-state index in [0.29, 0.717) is 6.61 Å². The van der Waals surface area contributed by atoms with E-state index < -0.39 is 5.60 Å². The first-order chi connectivity index (χ1) is 5.71. The van der Waals surface area contributed by atoms with Crippen LogP contribution < -0.4 is 0 Å². The van der Waals surface area contributed by atoms with Crippen LogP contribution in [0.1, 0.15) is 34.6 Å². The second-order valence-electron chi connectivity index (χ2n) is 5.16. The fourth-order valence-electron chi connectivity index (χ4n) is 1.15. The first-order valence-corrected chi connectivity index (χ1v) is 4.65. The smallest absolute Gasteiger partial charge is 0.189 e. The van der Waals surface area contributed by atoms with Gasteiger partial charge < -0.3 is 9.84 Å². The van der Waals surface area contributed by atoms with E-state index in [1.807, 2.05) is 0 Å². The predicted octanol–water partition coefficient (Wildman–Crippen LogP) is 1.60. The fourth-order valence-corrected chi connectivity index (χ4v) is 1.15. The molecule has 0 unspecified atom stereocenters. The number of aliphatic hydroxyl groups is 1. The first-order valence-electron chi connectivity index (χ1n) is 4.65.